The molecular formula is C64H54N2O. The Hall–Kier alpha value is -7.23. The average Bonchev–Trinajstić information content (AvgIpc) is 3.98. The van der Waals surface area contributed by atoms with E-state index in [1.807, 2.05) is 36.4 Å². The summed E-state index contributed by atoms with van der Waals surface area (Å²) in [5, 5.41) is 2.19. The van der Waals surface area contributed by atoms with E-state index in [4.69, 9.17) is 15.1 Å². The molecule has 3 nitrogen and oxygen atoms in total. The molecule has 1 heterocycles. The van der Waals surface area contributed by atoms with E-state index >= 15 is 0 Å². The van der Waals surface area contributed by atoms with Crippen LogP contribution in [0.5, 0.6) is 0 Å². The first-order chi connectivity index (χ1) is 33.0. The summed E-state index contributed by atoms with van der Waals surface area (Å²) in [4.78, 5) is 5.15. The van der Waals surface area contributed by atoms with Crippen molar-refractivity contribution in [3.05, 3.63) is 221 Å². The molecule has 0 radical (unpaired) electrons. The Morgan fingerprint density at radius 3 is 1.79 bits per heavy atom. The third-order valence-corrected chi connectivity index (χ3v) is 16.2. The van der Waals surface area contributed by atoms with E-state index < -0.39 is 0 Å². The highest BCUT2D eigenvalue weighted by atomic mass is 16.3. The number of rotatable bonds is 7. The fourth-order valence-electron chi connectivity index (χ4n) is 12.8. The van der Waals surface area contributed by atoms with Gasteiger partial charge in [-0.05, 0) is 152 Å². The van der Waals surface area contributed by atoms with Crippen LogP contribution < -0.4 is 5.73 Å². The van der Waals surface area contributed by atoms with E-state index in [1.165, 1.54) is 109 Å². The number of hydrogen-bond acceptors (Lipinski definition) is 3. The molecule has 0 atom stereocenters. The molecular weight excluding hydrogens is 813 g/mol. The number of allylic oxidation sites excluding steroid dienone is 1. The van der Waals surface area contributed by atoms with Crippen LogP contribution in [0.1, 0.15) is 103 Å². The lowest BCUT2D eigenvalue weighted by atomic mass is 9.66. The van der Waals surface area contributed by atoms with E-state index in [0.717, 1.165) is 44.3 Å². The van der Waals surface area contributed by atoms with E-state index in [-0.39, 0.29) is 10.8 Å². The minimum Gasteiger partial charge on any atom is -0.456 e. The smallest absolute Gasteiger partial charge is 0.136 e. The maximum Gasteiger partial charge on any atom is 0.136 e. The number of aliphatic imine (C=N–C) groups is 1. The molecule has 67 heavy (non-hydrogen) atoms. The molecule has 2 saturated carbocycles. The molecule has 1 aromatic heterocycles. The Morgan fingerprint density at radius 1 is 0.448 bits per heavy atom. The molecule has 8 aromatic carbocycles. The zero-order chi connectivity index (χ0) is 44.5. The maximum atomic E-state index is 6.89. The molecule has 326 valence electrons. The van der Waals surface area contributed by atoms with Crippen molar-refractivity contribution in [2.45, 2.75) is 81.6 Å². The lowest BCUT2D eigenvalue weighted by Gasteiger charge is -2.37. The normalized spacial score (nSPS) is 16.9. The summed E-state index contributed by atoms with van der Waals surface area (Å²) < 4.78 is 6.22. The third-order valence-electron chi connectivity index (χ3n) is 16.2. The number of nitrogens with zero attached hydrogens (tertiary/aromatic N) is 1. The molecule has 0 unspecified atom stereocenters. The SMILES string of the molecule is N/C(=C\C(=N/Cc1ccccc1)c1ccc(-c2cccc(-c3ccc4c(c3)C3(CCCCC3)c3cc5c(cc3-4)C3(CCCCC3)c3ccccc3-5)c2)cc1)c1ccc2c(c1)oc1ccccc12. The second-order valence-electron chi connectivity index (χ2n) is 19.8. The molecule has 0 amide bonds. The molecule has 4 aliphatic carbocycles. The summed E-state index contributed by atoms with van der Waals surface area (Å²) in [5.41, 5.74) is 30.6. The number of para-hydroxylation sites is 1. The number of nitrogens with two attached hydrogens (primary N) is 1. The Morgan fingerprint density at radius 2 is 1.03 bits per heavy atom. The number of fused-ring (bicyclic) bond motifs is 13. The quantitative estimate of drug-likeness (QED) is 0.162. The van der Waals surface area contributed by atoms with Gasteiger partial charge in [0.15, 0.2) is 0 Å². The average molecular weight is 867 g/mol. The summed E-state index contributed by atoms with van der Waals surface area (Å²) in [7, 11) is 0. The van der Waals surface area contributed by atoms with Crippen molar-refractivity contribution in [1.29, 1.82) is 0 Å². The van der Waals surface area contributed by atoms with Gasteiger partial charge in [0, 0.05) is 32.9 Å². The van der Waals surface area contributed by atoms with Crippen LogP contribution in [-0.4, -0.2) is 5.71 Å². The summed E-state index contributed by atoms with van der Waals surface area (Å²) in [5.74, 6) is 0. The zero-order valence-corrected chi connectivity index (χ0v) is 38.0. The van der Waals surface area contributed by atoms with Gasteiger partial charge in [0.1, 0.15) is 11.2 Å². The lowest BCUT2D eigenvalue weighted by molar-refractivity contribution is 0.350. The Kier molecular flexibility index (Phi) is 9.56. The van der Waals surface area contributed by atoms with Crippen LogP contribution in [-0.2, 0) is 17.4 Å². The predicted molar refractivity (Wildman–Crippen MR) is 278 cm³/mol. The largest absolute Gasteiger partial charge is 0.456 e. The second-order valence-corrected chi connectivity index (χ2v) is 19.8. The van der Waals surface area contributed by atoms with Crippen molar-refractivity contribution in [3.8, 4) is 44.5 Å². The summed E-state index contributed by atoms with van der Waals surface area (Å²) >= 11 is 0. The molecule has 0 bridgehead atoms. The highest BCUT2D eigenvalue weighted by Gasteiger charge is 2.49. The van der Waals surface area contributed by atoms with Gasteiger partial charge in [-0.3, -0.25) is 4.99 Å². The molecule has 2 N–H and O–H groups in total. The summed E-state index contributed by atoms with van der Waals surface area (Å²) in [6.07, 6.45) is 14.9. The van der Waals surface area contributed by atoms with E-state index in [2.05, 4.69) is 146 Å². The van der Waals surface area contributed by atoms with Crippen LogP contribution >= 0.6 is 0 Å². The first-order valence-corrected chi connectivity index (χ1v) is 24.7. The molecule has 3 heteroatoms. The van der Waals surface area contributed by atoms with Gasteiger partial charge >= 0.3 is 0 Å². The summed E-state index contributed by atoms with van der Waals surface area (Å²) in [6, 6.07) is 64.9. The molecule has 9 aromatic rings. The van der Waals surface area contributed by atoms with Gasteiger partial charge in [-0.25, -0.2) is 0 Å². The zero-order valence-electron chi connectivity index (χ0n) is 38.0. The van der Waals surface area contributed by atoms with Crippen molar-refractivity contribution < 1.29 is 4.42 Å². The standard InChI is InChI=1S/C64H54N2O/c65-59(48-28-30-52-51-20-7-9-22-61(51)67-62(52)37-48)40-60(66-41-42-15-4-1-5-16-42)44-25-23-43(24-26-44)45-17-14-18-46(35-45)47-27-29-50-54-39-57-53(38-58(54)64(56(50)36-47)33-12-3-13-34-64)49-19-6-8-21-55(49)63(57)31-10-2-11-32-63/h1,4-9,14-30,35-40H,2-3,10-13,31-34,41,65H2/b59-40-,66-60+. The molecule has 0 aliphatic heterocycles. The van der Waals surface area contributed by atoms with Gasteiger partial charge in [0.05, 0.1) is 12.3 Å². The van der Waals surface area contributed by atoms with Crippen molar-refractivity contribution in [2.75, 3.05) is 0 Å². The first-order valence-electron chi connectivity index (χ1n) is 24.7. The fraction of sp³-hybridized carbons (Fsp3) is 0.203. The summed E-state index contributed by atoms with van der Waals surface area (Å²) in [6.45, 7) is 0.552. The van der Waals surface area contributed by atoms with E-state index in [1.54, 1.807) is 22.3 Å². The predicted octanol–water partition coefficient (Wildman–Crippen LogP) is 16.4. The highest BCUT2D eigenvalue weighted by molar-refractivity contribution is 6.13. The minimum atomic E-state index is 0.0659. The van der Waals surface area contributed by atoms with Gasteiger partial charge < -0.3 is 10.2 Å². The topological polar surface area (TPSA) is 51.5 Å². The van der Waals surface area contributed by atoms with Crippen LogP contribution in [0, 0.1) is 0 Å². The molecule has 0 saturated heterocycles. The van der Waals surface area contributed by atoms with Gasteiger partial charge in [0.2, 0.25) is 0 Å². The second kappa shape index (κ2) is 16.0. The third kappa shape index (κ3) is 6.57. The van der Waals surface area contributed by atoms with Crippen molar-refractivity contribution >= 4 is 33.3 Å². The number of hydrogen-bond donors (Lipinski definition) is 1. The van der Waals surface area contributed by atoms with Crippen LogP contribution in [0.2, 0.25) is 0 Å². The van der Waals surface area contributed by atoms with Crippen molar-refractivity contribution in [2.24, 2.45) is 10.7 Å². The van der Waals surface area contributed by atoms with Gasteiger partial charge in [-0.1, -0.05) is 172 Å². The van der Waals surface area contributed by atoms with E-state index in [0.29, 0.717) is 12.2 Å². The Labute approximate surface area is 393 Å². The molecule has 2 fully saturated rings. The molecule has 2 spiro atoms. The van der Waals surface area contributed by atoms with Crippen molar-refractivity contribution in [1.82, 2.24) is 0 Å². The maximum absolute atomic E-state index is 6.89. The van der Waals surface area contributed by atoms with Gasteiger partial charge in [-0.2, -0.15) is 0 Å². The van der Waals surface area contributed by atoms with E-state index in [9.17, 15) is 0 Å². The monoisotopic (exact) mass is 866 g/mol. The minimum absolute atomic E-state index is 0.0659. The highest BCUT2D eigenvalue weighted by Crippen LogP contribution is 2.62. The Bertz CT molecular complexity index is 3450. The van der Waals surface area contributed by atoms with Gasteiger partial charge in [0.25, 0.3) is 0 Å². The fourth-order valence-corrected chi connectivity index (χ4v) is 12.8. The van der Waals surface area contributed by atoms with Crippen LogP contribution in [0.25, 0.3) is 72.1 Å². The molecule has 4 aliphatic rings. The number of furan rings is 1. The Balaban J connectivity index is 0.834. The van der Waals surface area contributed by atoms with Crippen molar-refractivity contribution in [3.63, 3.8) is 0 Å². The number of benzene rings is 8. The van der Waals surface area contributed by atoms with Crippen LogP contribution in [0.3, 0.4) is 0 Å². The van der Waals surface area contributed by atoms with Crippen LogP contribution in [0.15, 0.2) is 191 Å². The first kappa shape index (κ1) is 40.1. The van der Waals surface area contributed by atoms with Crippen LogP contribution in [0.4, 0.5) is 0 Å². The molecule has 13 rings (SSSR count). The lowest BCUT2D eigenvalue weighted by Crippen LogP contribution is -2.29. The van der Waals surface area contributed by atoms with Gasteiger partial charge in [-0.15, -0.1) is 0 Å².